The number of aryl methyl sites for hydroxylation is 1. The van der Waals surface area contributed by atoms with Crippen LogP contribution in [0.1, 0.15) is 78.4 Å². The fraction of sp³-hybridized carbons (Fsp3) is 0.455. The van der Waals surface area contributed by atoms with Gasteiger partial charge in [0.05, 0.1) is 12.7 Å². The summed E-state index contributed by atoms with van der Waals surface area (Å²) >= 11 is 7.14. The predicted molar refractivity (Wildman–Crippen MR) is 124 cm³/mol. The summed E-state index contributed by atoms with van der Waals surface area (Å²) < 4.78 is 5.00. The number of thiocarbonyl (C=S) groups is 1. The van der Waals surface area contributed by atoms with E-state index in [4.69, 9.17) is 17.0 Å². The number of nitrogens with one attached hydrogen (secondary N) is 2. The Hall–Kier alpha value is -1.92. The van der Waals surface area contributed by atoms with Crippen LogP contribution in [0.2, 0.25) is 0 Å². The fourth-order valence-electron chi connectivity index (χ4n) is 3.35. The third-order valence-corrected chi connectivity index (χ3v) is 6.06. The van der Waals surface area contributed by atoms with Crippen molar-refractivity contribution in [3.63, 3.8) is 0 Å². The second-order valence-corrected chi connectivity index (χ2v) is 9.02. The van der Waals surface area contributed by atoms with Gasteiger partial charge in [-0.15, -0.1) is 11.3 Å². The van der Waals surface area contributed by atoms with Gasteiger partial charge in [-0.25, -0.2) is 4.79 Å². The Kier molecular flexibility index (Phi) is 7.61. The third-order valence-electron chi connectivity index (χ3n) is 4.79. The molecule has 0 aliphatic heterocycles. The first kappa shape index (κ1) is 22.4. The normalized spacial score (nSPS) is 11.0. The lowest BCUT2D eigenvalue weighted by atomic mass is 9.93. The van der Waals surface area contributed by atoms with E-state index in [-0.39, 0.29) is 5.97 Å². The maximum absolute atomic E-state index is 12.3. The highest BCUT2D eigenvalue weighted by Crippen LogP contribution is 2.35. The van der Waals surface area contributed by atoms with Crippen LogP contribution in [0.4, 0.5) is 10.7 Å². The number of rotatable bonds is 6. The monoisotopic (exact) mass is 418 g/mol. The molecule has 0 unspecified atom stereocenters. The maximum atomic E-state index is 12.3. The number of carbonyl (C=O) groups is 1. The van der Waals surface area contributed by atoms with Crippen molar-refractivity contribution in [2.75, 3.05) is 17.7 Å². The number of ether oxygens (including phenoxy) is 1. The molecule has 0 spiro atoms. The zero-order chi connectivity index (χ0) is 21.0. The van der Waals surface area contributed by atoms with E-state index in [9.17, 15) is 4.79 Å². The highest BCUT2D eigenvalue weighted by Gasteiger charge is 2.23. The number of anilines is 2. The highest BCUT2D eigenvalue weighted by atomic mass is 32.1. The Labute approximate surface area is 177 Å². The quantitative estimate of drug-likeness (QED) is 0.416. The number of carbonyl (C=O) groups excluding carboxylic acids is 1. The molecular formula is C22H30N2O2S2. The fourth-order valence-corrected chi connectivity index (χ4v) is 4.76. The van der Waals surface area contributed by atoms with Crippen LogP contribution in [-0.2, 0) is 11.2 Å². The van der Waals surface area contributed by atoms with Gasteiger partial charge in [-0.1, -0.05) is 52.8 Å². The minimum Gasteiger partial charge on any atom is -0.465 e. The molecule has 0 aliphatic carbocycles. The zero-order valence-electron chi connectivity index (χ0n) is 17.7. The van der Waals surface area contributed by atoms with E-state index in [1.165, 1.54) is 29.6 Å². The average molecular weight is 419 g/mol. The molecule has 2 N–H and O–H groups in total. The van der Waals surface area contributed by atoms with E-state index in [1.807, 2.05) is 13.8 Å². The molecule has 1 aromatic carbocycles. The van der Waals surface area contributed by atoms with Gasteiger partial charge < -0.3 is 15.4 Å². The van der Waals surface area contributed by atoms with E-state index in [1.54, 1.807) is 0 Å². The summed E-state index contributed by atoms with van der Waals surface area (Å²) in [6, 6.07) is 6.36. The lowest BCUT2D eigenvalue weighted by Crippen LogP contribution is -2.22. The number of esters is 1. The first-order valence-corrected chi connectivity index (χ1v) is 10.8. The Morgan fingerprint density at radius 3 is 2.18 bits per heavy atom. The van der Waals surface area contributed by atoms with Crippen LogP contribution in [-0.4, -0.2) is 18.2 Å². The molecule has 0 atom stereocenters. The van der Waals surface area contributed by atoms with E-state index in [0.29, 0.717) is 22.5 Å². The van der Waals surface area contributed by atoms with Crippen LogP contribution in [0.5, 0.6) is 0 Å². The molecule has 0 fully saturated rings. The summed E-state index contributed by atoms with van der Waals surface area (Å²) in [4.78, 5) is 13.4. The van der Waals surface area contributed by atoms with Crippen molar-refractivity contribution in [3.8, 4) is 0 Å². The van der Waals surface area contributed by atoms with Crippen LogP contribution in [0.3, 0.4) is 0 Å². The largest absolute Gasteiger partial charge is 0.465 e. The molecule has 0 amide bonds. The van der Waals surface area contributed by atoms with Gasteiger partial charge in [0, 0.05) is 10.6 Å². The van der Waals surface area contributed by atoms with E-state index < -0.39 is 0 Å². The first-order chi connectivity index (χ1) is 13.2. The SMILES string of the molecule is CCc1c(C)sc(NC(=S)Nc2c(C(C)C)cccc2C(C)C)c1C(=O)OC. The molecule has 4 nitrogen and oxygen atoms in total. The Balaban J connectivity index is 2.38. The predicted octanol–water partition coefficient (Wildman–Crippen LogP) is 6.46. The molecule has 6 heteroatoms. The summed E-state index contributed by atoms with van der Waals surface area (Å²) in [5.74, 6) is 0.396. The van der Waals surface area contributed by atoms with Gasteiger partial charge in [0.2, 0.25) is 0 Å². The molecule has 152 valence electrons. The highest BCUT2D eigenvalue weighted by molar-refractivity contribution is 7.80. The molecule has 1 heterocycles. The third kappa shape index (κ3) is 4.73. The number of methoxy groups -OCH3 is 1. The van der Waals surface area contributed by atoms with Crippen LogP contribution < -0.4 is 10.6 Å². The Morgan fingerprint density at radius 2 is 1.71 bits per heavy atom. The average Bonchev–Trinajstić information content (AvgIpc) is 2.95. The summed E-state index contributed by atoms with van der Waals surface area (Å²) in [6.07, 6.45) is 0.766. The molecule has 2 aromatic rings. The standard InChI is InChI=1S/C22H30N2O2S2/c1-8-15-14(6)28-20(18(15)21(25)26-7)24-22(27)23-19-16(12(2)3)10-9-11-17(19)13(4)5/h9-13H,8H2,1-7H3,(H2,23,24,27). The molecule has 0 radical (unpaired) electrons. The van der Waals surface area contributed by atoms with E-state index in [0.717, 1.165) is 27.5 Å². The molecule has 1 aromatic heterocycles. The van der Waals surface area contributed by atoms with E-state index >= 15 is 0 Å². The summed E-state index contributed by atoms with van der Waals surface area (Å²) in [5, 5.41) is 7.84. The van der Waals surface area contributed by atoms with Gasteiger partial charge in [-0.05, 0) is 54.1 Å². The minimum absolute atomic E-state index is 0.336. The molecule has 0 aliphatic rings. The van der Waals surface area contributed by atoms with Crippen LogP contribution in [0.15, 0.2) is 18.2 Å². The summed E-state index contributed by atoms with van der Waals surface area (Å²) in [7, 11) is 1.41. The molecule has 2 rings (SSSR count). The summed E-state index contributed by atoms with van der Waals surface area (Å²) in [5.41, 5.74) is 5.08. The van der Waals surface area contributed by atoms with Crippen molar-refractivity contribution in [2.45, 2.75) is 59.8 Å². The number of benzene rings is 1. The van der Waals surface area contributed by atoms with Gasteiger partial charge in [0.1, 0.15) is 5.00 Å². The Morgan fingerprint density at radius 1 is 1.14 bits per heavy atom. The molecule has 0 saturated carbocycles. The van der Waals surface area contributed by atoms with Gasteiger partial charge in [0.15, 0.2) is 5.11 Å². The van der Waals surface area contributed by atoms with Crippen LogP contribution >= 0.6 is 23.6 Å². The minimum atomic E-state index is -0.336. The van der Waals surface area contributed by atoms with Crippen LogP contribution in [0, 0.1) is 6.92 Å². The number of hydrogen-bond acceptors (Lipinski definition) is 4. The van der Waals surface area contributed by atoms with Gasteiger partial charge >= 0.3 is 5.97 Å². The Bertz CT molecular complexity index is 843. The topological polar surface area (TPSA) is 50.4 Å². The van der Waals surface area contributed by atoms with Crippen molar-refractivity contribution in [1.29, 1.82) is 0 Å². The van der Waals surface area contributed by atoms with Gasteiger partial charge in [0.25, 0.3) is 0 Å². The van der Waals surface area contributed by atoms with Crippen molar-refractivity contribution in [3.05, 3.63) is 45.3 Å². The molecule has 28 heavy (non-hydrogen) atoms. The van der Waals surface area contributed by atoms with Gasteiger partial charge in [-0.2, -0.15) is 0 Å². The van der Waals surface area contributed by atoms with Crippen molar-refractivity contribution < 1.29 is 9.53 Å². The van der Waals surface area contributed by atoms with Crippen molar-refractivity contribution >= 4 is 45.3 Å². The number of hydrogen-bond donors (Lipinski definition) is 2. The lowest BCUT2D eigenvalue weighted by molar-refractivity contribution is 0.0601. The summed E-state index contributed by atoms with van der Waals surface area (Å²) in [6.45, 7) is 12.7. The van der Waals surface area contributed by atoms with Gasteiger partial charge in [-0.3, -0.25) is 0 Å². The maximum Gasteiger partial charge on any atom is 0.341 e. The van der Waals surface area contributed by atoms with Crippen LogP contribution in [0.25, 0.3) is 0 Å². The number of thiophene rings is 1. The molecule has 0 bridgehead atoms. The van der Waals surface area contributed by atoms with Crippen molar-refractivity contribution in [2.24, 2.45) is 0 Å². The smallest absolute Gasteiger partial charge is 0.341 e. The second kappa shape index (κ2) is 9.52. The molecular weight excluding hydrogens is 388 g/mol. The molecule has 0 saturated heterocycles. The second-order valence-electron chi connectivity index (χ2n) is 7.39. The first-order valence-electron chi connectivity index (χ1n) is 9.62. The zero-order valence-corrected chi connectivity index (χ0v) is 19.4. The van der Waals surface area contributed by atoms with Crippen molar-refractivity contribution in [1.82, 2.24) is 0 Å². The van der Waals surface area contributed by atoms with E-state index in [2.05, 4.69) is 56.5 Å². The lowest BCUT2D eigenvalue weighted by Gasteiger charge is -2.21. The number of para-hydroxylation sites is 1.